The second-order valence-electron chi connectivity index (χ2n) is 3.91. The quantitative estimate of drug-likeness (QED) is 0.829. The van der Waals surface area contributed by atoms with E-state index in [0.717, 1.165) is 13.0 Å². The van der Waals surface area contributed by atoms with Crippen molar-refractivity contribution in [2.45, 2.75) is 31.8 Å². The Morgan fingerprint density at radius 2 is 2.57 bits per heavy atom. The summed E-state index contributed by atoms with van der Waals surface area (Å²) in [5.41, 5.74) is 0. The Morgan fingerprint density at radius 3 is 3.21 bits per heavy atom. The fourth-order valence-electron chi connectivity index (χ4n) is 2.26. The van der Waals surface area contributed by atoms with Crippen LogP contribution in [0.25, 0.3) is 0 Å². The fraction of sp³-hybridized carbons (Fsp3) is 0.636. The number of thiophene rings is 1. The molecule has 14 heavy (non-hydrogen) atoms. The van der Waals surface area contributed by atoms with Crippen LogP contribution in [-0.2, 0) is 0 Å². The predicted octanol–water partition coefficient (Wildman–Crippen LogP) is 2.27. The van der Waals surface area contributed by atoms with Crippen LogP contribution in [0.4, 0.5) is 0 Å². The SMILES string of the molecule is C[C@@H](c1cccs1)N1CCC[C@H]1CO. The van der Waals surface area contributed by atoms with Gasteiger partial charge in [-0.15, -0.1) is 11.3 Å². The fourth-order valence-corrected chi connectivity index (χ4v) is 3.06. The molecule has 2 rings (SSSR count). The monoisotopic (exact) mass is 211 g/mol. The van der Waals surface area contributed by atoms with Crippen molar-refractivity contribution in [3.63, 3.8) is 0 Å². The van der Waals surface area contributed by atoms with Crippen LogP contribution in [0.15, 0.2) is 17.5 Å². The summed E-state index contributed by atoms with van der Waals surface area (Å²) < 4.78 is 0. The molecule has 1 fully saturated rings. The second-order valence-corrected chi connectivity index (χ2v) is 4.89. The lowest BCUT2D eigenvalue weighted by molar-refractivity contribution is 0.127. The Bertz CT molecular complexity index is 273. The highest BCUT2D eigenvalue weighted by molar-refractivity contribution is 7.10. The molecule has 78 valence electrons. The molecule has 0 saturated carbocycles. The van der Waals surface area contributed by atoms with Gasteiger partial charge in [-0.3, -0.25) is 4.90 Å². The third-order valence-corrected chi connectivity index (χ3v) is 4.13. The van der Waals surface area contributed by atoms with Crippen LogP contribution >= 0.6 is 11.3 Å². The van der Waals surface area contributed by atoms with Crippen LogP contribution in [0.5, 0.6) is 0 Å². The molecule has 1 aromatic rings. The van der Waals surface area contributed by atoms with Gasteiger partial charge < -0.3 is 5.11 Å². The van der Waals surface area contributed by atoms with Crippen molar-refractivity contribution in [1.29, 1.82) is 0 Å². The molecule has 1 saturated heterocycles. The first-order valence-corrected chi connectivity index (χ1v) is 6.11. The number of hydrogen-bond acceptors (Lipinski definition) is 3. The number of aliphatic hydroxyl groups is 1. The summed E-state index contributed by atoms with van der Waals surface area (Å²) in [7, 11) is 0. The highest BCUT2D eigenvalue weighted by atomic mass is 32.1. The van der Waals surface area contributed by atoms with Crippen LogP contribution < -0.4 is 0 Å². The van der Waals surface area contributed by atoms with Gasteiger partial charge in [-0.25, -0.2) is 0 Å². The van der Waals surface area contributed by atoms with E-state index < -0.39 is 0 Å². The smallest absolute Gasteiger partial charge is 0.0587 e. The Morgan fingerprint density at radius 1 is 1.71 bits per heavy atom. The van der Waals surface area contributed by atoms with Crippen molar-refractivity contribution >= 4 is 11.3 Å². The van der Waals surface area contributed by atoms with E-state index in [1.807, 2.05) is 11.3 Å². The highest BCUT2D eigenvalue weighted by Crippen LogP contribution is 2.30. The number of rotatable bonds is 3. The third kappa shape index (κ3) is 1.85. The van der Waals surface area contributed by atoms with Gasteiger partial charge in [0.15, 0.2) is 0 Å². The Hall–Kier alpha value is -0.380. The minimum atomic E-state index is 0.301. The van der Waals surface area contributed by atoms with Crippen molar-refractivity contribution in [3.05, 3.63) is 22.4 Å². The van der Waals surface area contributed by atoms with Gasteiger partial charge in [-0.2, -0.15) is 0 Å². The Balaban J connectivity index is 2.07. The van der Waals surface area contributed by atoms with Crippen LogP contribution in [-0.4, -0.2) is 29.2 Å². The predicted molar refractivity (Wildman–Crippen MR) is 59.5 cm³/mol. The first-order valence-electron chi connectivity index (χ1n) is 5.23. The Kier molecular flexibility index (Phi) is 3.21. The van der Waals surface area contributed by atoms with Gasteiger partial charge in [0.05, 0.1) is 6.61 Å². The van der Waals surface area contributed by atoms with E-state index in [4.69, 9.17) is 0 Å². The number of likely N-dealkylation sites (tertiary alicyclic amines) is 1. The van der Waals surface area contributed by atoms with Crippen LogP contribution in [0.1, 0.15) is 30.7 Å². The van der Waals surface area contributed by atoms with E-state index in [-0.39, 0.29) is 0 Å². The minimum absolute atomic E-state index is 0.301. The molecule has 0 amide bonds. The first kappa shape index (κ1) is 10.1. The van der Waals surface area contributed by atoms with Gasteiger partial charge >= 0.3 is 0 Å². The maximum Gasteiger partial charge on any atom is 0.0587 e. The molecule has 1 aliphatic heterocycles. The van der Waals surface area contributed by atoms with Crippen molar-refractivity contribution < 1.29 is 5.11 Å². The zero-order valence-corrected chi connectivity index (χ0v) is 9.33. The average molecular weight is 211 g/mol. The second kappa shape index (κ2) is 4.43. The zero-order chi connectivity index (χ0) is 9.97. The molecular formula is C11H17NOS. The van der Waals surface area contributed by atoms with Crippen LogP contribution in [0, 0.1) is 0 Å². The van der Waals surface area contributed by atoms with Gasteiger partial charge in [0.1, 0.15) is 0 Å². The molecule has 2 nitrogen and oxygen atoms in total. The maximum atomic E-state index is 9.24. The van der Waals surface area contributed by atoms with Crippen LogP contribution in [0.3, 0.4) is 0 Å². The molecular weight excluding hydrogens is 194 g/mol. The molecule has 0 spiro atoms. The topological polar surface area (TPSA) is 23.5 Å². The first-order chi connectivity index (χ1) is 6.83. The van der Waals surface area contributed by atoms with E-state index in [1.54, 1.807) is 0 Å². The van der Waals surface area contributed by atoms with E-state index in [9.17, 15) is 5.11 Å². The Labute approximate surface area is 89.2 Å². The van der Waals surface area contributed by atoms with Crippen molar-refractivity contribution in [2.75, 3.05) is 13.2 Å². The summed E-state index contributed by atoms with van der Waals surface area (Å²) in [6.07, 6.45) is 2.37. The molecule has 0 aromatic carbocycles. The summed E-state index contributed by atoms with van der Waals surface area (Å²) in [5.74, 6) is 0. The molecule has 2 heterocycles. The largest absolute Gasteiger partial charge is 0.395 e. The number of hydrogen-bond donors (Lipinski definition) is 1. The summed E-state index contributed by atoms with van der Waals surface area (Å²) in [5, 5.41) is 11.4. The van der Waals surface area contributed by atoms with Crippen molar-refractivity contribution in [1.82, 2.24) is 4.90 Å². The van der Waals surface area contributed by atoms with Gasteiger partial charge in [0.25, 0.3) is 0 Å². The summed E-state index contributed by atoms with van der Waals surface area (Å²) in [4.78, 5) is 3.83. The van der Waals surface area contributed by atoms with Crippen LogP contribution in [0.2, 0.25) is 0 Å². The lowest BCUT2D eigenvalue weighted by Crippen LogP contribution is -2.34. The van der Waals surface area contributed by atoms with Gasteiger partial charge in [-0.1, -0.05) is 6.07 Å². The van der Waals surface area contributed by atoms with Gasteiger partial charge in [0, 0.05) is 17.0 Å². The van der Waals surface area contributed by atoms with E-state index in [2.05, 4.69) is 29.3 Å². The van der Waals surface area contributed by atoms with Gasteiger partial charge in [-0.05, 0) is 37.8 Å². The molecule has 2 atom stereocenters. The standard InChI is InChI=1S/C11H17NOS/c1-9(11-5-3-7-14-11)12-6-2-4-10(12)8-13/h3,5,7,9-10,13H,2,4,6,8H2,1H3/t9-,10-/m0/s1. The van der Waals surface area contributed by atoms with Crippen molar-refractivity contribution in [2.24, 2.45) is 0 Å². The molecule has 1 N–H and O–H groups in total. The third-order valence-electron chi connectivity index (χ3n) is 3.09. The normalized spacial score (nSPS) is 25.4. The van der Waals surface area contributed by atoms with Gasteiger partial charge in [0.2, 0.25) is 0 Å². The van der Waals surface area contributed by atoms with E-state index in [0.29, 0.717) is 18.7 Å². The maximum absolute atomic E-state index is 9.24. The summed E-state index contributed by atoms with van der Waals surface area (Å²) in [6.45, 7) is 3.67. The summed E-state index contributed by atoms with van der Waals surface area (Å²) in [6, 6.07) is 5.13. The molecule has 0 radical (unpaired) electrons. The lowest BCUT2D eigenvalue weighted by Gasteiger charge is -2.28. The molecule has 0 aliphatic carbocycles. The van der Waals surface area contributed by atoms with Crippen molar-refractivity contribution in [3.8, 4) is 0 Å². The summed E-state index contributed by atoms with van der Waals surface area (Å²) >= 11 is 1.81. The molecule has 1 aliphatic rings. The molecule has 1 aromatic heterocycles. The minimum Gasteiger partial charge on any atom is -0.395 e. The molecule has 3 heteroatoms. The number of nitrogens with zero attached hydrogens (tertiary/aromatic N) is 1. The highest BCUT2D eigenvalue weighted by Gasteiger charge is 2.28. The van der Waals surface area contributed by atoms with E-state index >= 15 is 0 Å². The lowest BCUT2D eigenvalue weighted by atomic mass is 10.2. The van der Waals surface area contributed by atoms with E-state index in [1.165, 1.54) is 11.3 Å². The molecule has 0 unspecified atom stereocenters. The number of aliphatic hydroxyl groups excluding tert-OH is 1. The zero-order valence-electron chi connectivity index (χ0n) is 8.52. The molecule has 0 bridgehead atoms. The average Bonchev–Trinajstić information content (AvgIpc) is 2.87.